The predicted molar refractivity (Wildman–Crippen MR) is 70.1 cm³/mol. The number of nitrogens with zero attached hydrogens (tertiary/aromatic N) is 1. The lowest BCUT2D eigenvalue weighted by Crippen LogP contribution is -2.05. The maximum absolute atomic E-state index is 11.1. The van der Waals surface area contributed by atoms with Crippen molar-refractivity contribution in [2.45, 2.75) is 10.1 Å². The minimum atomic E-state index is -1.01. The lowest BCUT2D eigenvalue weighted by molar-refractivity contribution is 0.0696. The van der Waals surface area contributed by atoms with Crippen LogP contribution in [0.3, 0.4) is 0 Å². The van der Waals surface area contributed by atoms with E-state index in [1.807, 2.05) is 0 Å². The van der Waals surface area contributed by atoms with Crippen molar-refractivity contribution in [1.82, 2.24) is 9.97 Å². The van der Waals surface area contributed by atoms with Crippen LogP contribution in [0.25, 0.3) is 0 Å². The standard InChI is InChI=1S/C11H7BrN2O3S/c12-7-3-6(10(16)17)4-8(5-7)18-11-13-2-1-9(15)14-11/h1-5H,(H,16,17)(H,13,14,15). The lowest BCUT2D eigenvalue weighted by Gasteiger charge is -2.03. The molecule has 0 fully saturated rings. The van der Waals surface area contributed by atoms with Gasteiger partial charge in [0.25, 0.3) is 5.56 Å². The largest absolute Gasteiger partial charge is 0.478 e. The third-order valence-electron chi connectivity index (χ3n) is 1.98. The molecular formula is C11H7BrN2O3S. The molecular weight excluding hydrogens is 320 g/mol. The van der Waals surface area contributed by atoms with Gasteiger partial charge in [-0.1, -0.05) is 27.7 Å². The minimum Gasteiger partial charge on any atom is -0.478 e. The molecule has 5 nitrogen and oxygen atoms in total. The summed E-state index contributed by atoms with van der Waals surface area (Å²) in [6.07, 6.45) is 1.40. The van der Waals surface area contributed by atoms with Crippen molar-refractivity contribution in [3.63, 3.8) is 0 Å². The van der Waals surface area contributed by atoms with Crippen molar-refractivity contribution < 1.29 is 9.90 Å². The number of carboxylic acid groups (broad SMARTS) is 1. The maximum Gasteiger partial charge on any atom is 0.335 e. The molecule has 1 aromatic heterocycles. The van der Waals surface area contributed by atoms with Crippen molar-refractivity contribution in [2.24, 2.45) is 0 Å². The van der Waals surface area contributed by atoms with Crippen LogP contribution in [0.5, 0.6) is 0 Å². The SMILES string of the molecule is O=C(O)c1cc(Br)cc(Sc2nccc(=O)[nH]2)c1. The van der Waals surface area contributed by atoms with E-state index in [0.29, 0.717) is 14.5 Å². The first-order valence-electron chi connectivity index (χ1n) is 4.81. The summed E-state index contributed by atoms with van der Waals surface area (Å²) in [4.78, 5) is 29.2. The van der Waals surface area contributed by atoms with Gasteiger partial charge in [-0.05, 0) is 18.2 Å². The van der Waals surface area contributed by atoms with E-state index in [1.54, 1.807) is 6.07 Å². The summed E-state index contributed by atoms with van der Waals surface area (Å²) in [6.45, 7) is 0. The van der Waals surface area contributed by atoms with Crippen LogP contribution in [-0.2, 0) is 0 Å². The highest BCUT2D eigenvalue weighted by atomic mass is 79.9. The number of halogens is 1. The molecule has 2 aromatic rings. The zero-order valence-corrected chi connectivity index (χ0v) is 11.3. The van der Waals surface area contributed by atoms with Crippen LogP contribution < -0.4 is 5.56 Å². The van der Waals surface area contributed by atoms with Crippen LogP contribution in [0, 0.1) is 0 Å². The van der Waals surface area contributed by atoms with Crippen molar-refractivity contribution in [3.8, 4) is 0 Å². The highest BCUT2D eigenvalue weighted by Crippen LogP contribution is 2.27. The Balaban J connectivity index is 2.34. The minimum absolute atomic E-state index is 0.171. The summed E-state index contributed by atoms with van der Waals surface area (Å²) in [7, 11) is 0. The van der Waals surface area contributed by atoms with E-state index < -0.39 is 5.97 Å². The molecule has 0 saturated heterocycles. The molecule has 0 unspecified atom stereocenters. The molecule has 7 heteroatoms. The molecule has 0 spiro atoms. The molecule has 2 N–H and O–H groups in total. The smallest absolute Gasteiger partial charge is 0.335 e. The maximum atomic E-state index is 11.1. The van der Waals surface area contributed by atoms with E-state index in [4.69, 9.17) is 5.11 Å². The number of rotatable bonds is 3. The molecule has 2 rings (SSSR count). The van der Waals surface area contributed by atoms with Crippen molar-refractivity contribution >= 4 is 33.7 Å². The van der Waals surface area contributed by atoms with Crippen LogP contribution >= 0.6 is 27.7 Å². The number of aromatic carboxylic acids is 1. The normalized spacial score (nSPS) is 10.3. The molecule has 0 aliphatic rings. The van der Waals surface area contributed by atoms with Gasteiger partial charge in [0, 0.05) is 21.6 Å². The molecule has 0 radical (unpaired) electrons. The Labute approximate surface area is 114 Å². The Morgan fingerprint density at radius 3 is 2.83 bits per heavy atom. The van der Waals surface area contributed by atoms with Gasteiger partial charge in [-0.2, -0.15) is 0 Å². The molecule has 0 bridgehead atoms. The van der Waals surface area contributed by atoms with Crippen molar-refractivity contribution in [2.75, 3.05) is 0 Å². The van der Waals surface area contributed by atoms with E-state index in [9.17, 15) is 9.59 Å². The monoisotopic (exact) mass is 326 g/mol. The van der Waals surface area contributed by atoms with Crippen molar-refractivity contribution in [1.29, 1.82) is 0 Å². The summed E-state index contributed by atoms with van der Waals surface area (Å²) in [5.74, 6) is -1.01. The zero-order valence-electron chi connectivity index (χ0n) is 8.88. The molecule has 0 aliphatic heterocycles. The summed E-state index contributed by atoms with van der Waals surface area (Å²) >= 11 is 4.43. The van der Waals surface area contributed by atoms with Gasteiger partial charge in [-0.15, -0.1) is 0 Å². The number of hydrogen-bond acceptors (Lipinski definition) is 4. The zero-order chi connectivity index (χ0) is 13.1. The molecule has 92 valence electrons. The van der Waals surface area contributed by atoms with E-state index in [0.717, 1.165) is 0 Å². The molecule has 1 aromatic carbocycles. The van der Waals surface area contributed by atoms with Gasteiger partial charge >= 0.3 is 5.97 Å². The summed E-state index contributed by atoms with van der Waals surface area (Å²) in [5.41, 5.74) is -0.0777. The van der Waals surface area contributed by atoms with Crippen LogP contribution in [0.1, 0.15) is 10.4 Å². The van der Waals surface area contributed by atoms with E-state index >= 15 is 0 Å². The van der Waals surface area contributed by atoms with Crippen molar-refractivity contribution in [3.05, 3.63) is 50.9 Å². The number of carbonyl (C=O) groups is 1. The highest BCUT2D eigenvalue weighted by Gasteiger charge is 2.08. The second-order valence-corrected chi connectivity index (χ2v) is 5.30. The second-order valence-electron chi connectivity index (χ2n) is 3.32. The highest BCUT2D eigenvalue weighted by molar-refractivity contribution is 9.10. The Morgan fingerprint density at radius 2 is 2.17 bits per heavy atom. The van der Waals surface area contributed by atoms with Crippen LogP contribution in [-0.4, -0.2) is 21.0 Å². The van der Waals surface area contributed by atoms with Gasteiger partial charge in [0.2, 0.25) is 0 Å². The first kappa shape index (κ1) is 12.8. The fourth-order valence-electron chi connectivity index (χ4n) is 1.26. The van der Waals surface area contributed by atoms with Crippen LogP contribution in [0.2, 0.25) is 0 Å². The van der Waals surface area contributed by atoms with Crippen LogP contribution in [0.15, 0.2) is 49.8 Å². The molecule has 1 heterocycles. The average molecular weight is 327 g/mol. The first-order chi connectivity index (χ1) is 8.54. The fraction of sp³-hybridized carbons (Fsp3) is 0. The molecule has 0 amide bonds. The Morgan fingerprint density at radius 1 is 1.39 bits per heavy atom. The molecule has 0 atom stereocenters. The van der Waals surface area contributed by atoms with Gasteiger partial charge in [-0.25, -0.2) is 9.78 Å². The number of nitrogens with one attached hydrogen (secondary N) is 1. The second kappa shape index (κ2) is 5.36. The fourth-order valence-corrected chi connectivity index (χ4v) is 2.77. The predicted octanol–water partition coefficient (Wildman–Crippen LogP) is 2.38. The summed E-state index contributed by atoms with van der Waals surface area (Å²) in [6, 6.07) is 6.09. The molecule has 0 saturated carbocycles. The number of aromatic nitrogens is 2. The van der Waals surface area contributed by atoms with E-state index in [2.05, 4.69) is 25.9 Å². The van der Waals surface area contributed by atoms with Gasteiger partial charge in [0.1, 0.15) is 0 Å². The number of carboxylic acids is 1. The van der Waals surface area contributed by atoms with Gasteiger partial charge < -0.3 is 10.1 Å². The average Bonchev–Trinajstić information content (AvgIpc) is 2.28. The number of hydrogen-bond donors (Lipinski definition) is 2. The topological polar surface area (TPSA) is 83.0 Å². The third-order valence-corrected chi connectivity index (χ3v) is 3.31. The van der Waals surface area contributed by atoms with Gasteiger partial charge in [-0.3, -0.25) is 4.79 Å². The number of aromatic amines is 1. The molecule has 18 heavy (non-hydrogen) atoms. The van der Waals surface area contributed by atoms with E-state index in [-0.39, 0.29) is 11.1 Å². The molecule has 0 aliphatic carbocycles. The Bertz CT molecular complexity index is 657. The lowest BCUT2D eigenvalue weighted by atomic mass is 10.2. The van der Waals surface area contributed by atoms with Gasteiger partial charge in [0.05, 0.1) is 5.56 Å². The van der Waals surface area contributed by atoms with Crippen LogP contribution in [0.4, 0.5) is 0 Å². The number of benzene rings is 1. The summed E-state index contributed by atoms with van der Waals surface area (Å²) in [5, 5.41) is 9.35. The quantitative estimate of drug-likeness (QED) is 0.846. The Hall–Kier alpha value is -1.60. The number of H-pyrrole nitrogens is 1. The first-order valence-corrected chi connectivity index (χ1v) is 6.42. The van der Waals surface area contributed by atoms with E-state index in [1.165, 1.54) is 36.2 Å². The van der Waals surface area contributed by atoms with Gasteiger partial charge in [0.15, 0.2) is 5.16 Å². The summed E-state index contributed by atoms with van der Waals surface area (Å²) < 4.78 is 0.656. The Kier molecular flexibility index (Phi) is 3.83. The third kappa shape index (κ3) is 3.21.